The number of ether oxygens (including phenoxy) is 2. The van der Waals surface area contributed by atoms with Crippen LogP contribution in [0, 0.1) is 33.3 Å². The van der Waals surface area contributed by atoms with Crippen LogP contribution in [0.1, 0.15) is 62.7 Å². The number of hydrogen-bond donors (Lipinski definition) is 1. The molecule has 0 radical (unpaired) electrons. The van der Waals surface area contributed by atoms with E-state index in [1.54, 1.807) is 6.92 Å². The lowest BCUT2D eigenvalue weighted by molar-refractivity contribution is -0.385. The van der Waals surface area contributed by atoms with E-state index in [2.05, 4.69) is 12.2 Å². The molecular formula is C22H30N2O5. The minimum absolute atomic E-state index is 0.0134. The number of benzene rings is 1. The molecule has 0 unspecified atom stereocenters. The van der Waals surface area contributed by atoms with Gasteiger partial charge >= 0.3 is 0 Å². The Hall–Kier alpha value is -2.31. The summed E-state index contributed by atoms with van der Waals surface area (Å²) in [7, 11) is 1.46. The van der Waals surface area contributed by atoms with Crippen molar-refractivity contribution in [3.05, 3.63) is 27.8 Å². The fourth-order valence-electron chi connectivity index (χ4n) is 6.45. The number of hydrogen-bond acceptors (Lipinski definition) is 5. The maximum Gasteiger partial charge on any atom is 0.286 e. The summed E-state index contributed by atoms with van der Waals surface area (Å²) in [6.07, 6.45) is 7.49. The van der Waals surface area contributed by atoms with Crippen molar-refractivity contribution in [1.29, 1.82) is 0 Å². The number of nitrogens with zero attached hydrogens (tertiary/aromatic N) is 1. The minimum atomic E-state index is -0.535. The third-order valence-corrected chi connectivity index (χ3v) is 7.37. The zero-order valence-electron chi connectivity index (χ0n) is 17.4. The van der Waals surface area contributed by atoms with Crippen molar-refractivity contribution in [2.24, 2.45) is 23.2 Å². The van der Waals surface area contributed by atoms with E-state index < -0.39 is 10.8 Å². The van der Waals surface area contributed by atoms with Gasteiger partial charge in [0, 0.05) is 12.1 Å². The van der Waals surface area contributed by atoms with Crippen LogP contribution < -0.4 is 14.8 Å². The lowest BCUT2D eigenvalue weighted by Crippen LogP contribution is -2.55. The van der Waals surface area contributed by atoms with E-state index in [1.165, 1.54) is 38.5 Å². The molecule has 4 aliphatic rings. The zero-order valence-corrected chi connectivity index (χ0v) is 17.4. The SMILES string of the molecule is CCOc1cc([N+](=O)[O-])c(C(=O)N[C@H](C)C23CC4CC(CC(C4)C2)C3)cc1OC. The molecule has 1 aromatic rings. The van der Waals surface area contributed by atoms with Gasteiger partial charge in [-0.05, 0) is 75.5 Å². The molecule has 0 saturated heterocycles. The molecule has 4 saturated carbocycles. The number of methoxy groups -OCH3 is 1. The number of carbonyl (C=O) groups is 1. The first kappa shape index (κ1) is 20.0. The Kier molecular flexibility index (Phi) is 5.17. The Bertz CT molecular complexity index is 786. The van der Waals surface area contributed by atoms with Crippen molar-refractivity contribution in [2.75, 3.05) is 13.7 Å². The van der Waals surface area contributed by atoms with Gasteiger partial charge in [-0.2, -0.15) is 0 Å². The highest BCUT2D eigenvalue weighted by molar-refractivity contribution is 5.99. The Balaban J connectivity index is 1.58. The van der Waals surface area contributed by atoms with Crippen LogP contribution in [0.5, 0.6) is 11.5 Å². The van der Waals surface area contributed by atoms with Crippen molar-refractivity contribution in [3.8, 4) is 11.5 Å². The van der Waals surface area contributed by atoms with E-state index in [0.29, 0.717) is 12.4 Å². The van der Waals surface area contributed by atoms with Crippen molar-refractivity contribution in [1.82, 2.24) is 5.32 Å². The molecule has 7 nitrogen and oxygen atoms in total. The van der Waals surface area contributed by atoms with Crippen LogP contribution in [0.3, 0.4) is 0 Å². The number of nitrogens with one attached hydrogen (secondary N) is 1. The Labute approximate surface area is 171 Å². The predicted molar refractivity (Wildman–Crippen MR) is 108 cm³/mol. The minimum Gasteiger partial charge on any atom is -0.493 e. The topological polar surface area (TPSA) is 90.7 Å². The van der Waals surface area contributed by atoms with Crippen LogP contribution in [0.4, 0.5) is 5.69 Å². The normalized spacial score (nSPS) is 30.7. The second-order valence-electron chi connectivity index (χ2n) is 9.19. The lowest BCUT2D eigenvalue weighted by Gasteiger charge is -2.59. The van der Waals surface area contributed by atoms with Crippen molar-refractivity contribution >= 4 is 11.6 Å². The number of nitro groups is 1. The van der Waals surface area contributed by atoms with Gasteiger partial charge in [0.15, 0.2) is 11.5 Å². The lowest BCUT2D eigenvalue weighted by atomic mass is 9.48. The maximum absolute atomic E-state index is 13.1. The second-order valence-corrected chi connectivity index (χ2v) is 9.19. The van der Waals surface area contributed by atoms with E-state index >= 15 is 0 Å². The molecule has 0 spiro atoms. The monoisotopic (exact) mass is 402 g/mol. The van der Waals surface area contributed by atoms with E-state index in [1.807, 2.05) is 0 Å². The fraction of sp³-hybridized carbons (Fsp3) is 0.682. The molecule has 1 aromatic carbocycles. The molecule has 4 fully saturated rings. The van der Waals surface area contributed by atoms with Crippen LogP contribution in [-0.2, 0) is 0 Å². The number of rotatable bonds is 7. The Morgan fingerprint density at radius 1 is 1.21 bits per heavy atom. The molecule has 0 aliphatic heterocycles. The Morgan fingerprint density at radius 3 is 2.28 bits per heavy atom. The molecule has 1 atom stereocenters. The summed E-state index contributed by atoms with van der Waals surface area (Å²) in [5.74, 6) is 2.51. The standard InChI is InChI=1S/C22H30N2O5/c1-4-29-20-9-18(24(26)27)17(8-19(20)28-3)21(25)23-13(2)22-10-14-5-15(11-22)7-16(6-14)12-22/h8-9,13-16H,4-7,10-12H2,1-3H3,(H,23,25)/t13-,14?,15?,16?,22?/m1/s1. The van der Waals surface area contributed by atoms with Gasteiger partial charge in [0.1, 0.15) is 5.56 Å². The van der Waals surface area contributed by atoms with Gasteiger partial charge in [-0.3, -0.25) is 14.9 Å². The first-order chi connectivity index (χ1) is 13.8. The smallest absolute Gasteiger partial charge is 0.286 e. The quantitative estimate of drug-likeness (QED) is 0.541. The average Bonchev–Trinajstić information content (AvgIpc) is 2.66. The summed E-state index contributed by atoms with van der Waals surface area (Å²) in [5.41, 5.74) is -0.106. The molecular weight excluding hydrogens is 372 g/mol. The first-order valence-electron chi connectivity index (χ1n) is 10.6. The predicted octanol–water partition coefficient (Wildman–Crippen LogP) is 4.34. The van der Waals surface area contributed by atoms with Crippen LogP contribution in [0.15, 0.2) is 12.1 Å². The third-order valence-electron chi connectivity index (χ3n) is 7.37. The highest BCUT2D eigenvalue weighted by Crippen LogP contribution is 2.61. The highest BCUT2D eigenvalue weighted by atomic mass is 16.6. The summed E-state index contributed by atoms with van der Waals surface area (Å²) in [5, 5.41) is 14.7. The summed E-state index contributed by atoms with van der Waals surface area (Å²) in [6.45, 7) is 4.21. The van der Waals surface area contributed by atoms with Gasteiger partial charge in [0.05, 0.1) is 24.7 Å². The van der Waals surface area contributed by atoms with Crippen molar-refractivity contribution < 1.29 is 19.2 Å². The third kappa shape index (κ3) is 3.55. The van der Waals surface area contributed by atoms with Gasteiger partial charge in [-0.25, -0.2) is 0 Å². The van der Waals surface area contributed by atoms with E-state index in [9.17, 15) is 14.9 Å². The molecule has 5 rings (SSSR count). The molecule has 4 aliphatic carbocycles. The summed E-state index contributed by atoms with van der Waals surface area (Å²) >= 11 is 0. The average molecular weight is 402 g/mol. The molecule has 0 aromatic heterocycles. The molecule has 0 heterocycles. The van der Waals surface area contributed by atoms with Gasteiger partial charge in [0.25, 0.3) is 11.6 Å². The molecule has 1 amide bonds. The van der Waals surface area contributed by atoms with Crippen molar-refractivity contribution in [2.45, 2.75) is 58.4 Å². The second kappa shape index (κ2) is 7.50. The summed E-state index contributed by atoms with van der Waals surface area (Å²) < 4.78 is 10.7. The van der Waals surface area contributed by atoms with Crippen molar-refractivity contribution in [3.63, 3.8) is 0 Å². The number of amides is 1. The van der Waals surface area contributed by atoms with E-state index in [0.717, 1.165) is 37.0 Å². The van der Waals surface area contributed by atoms with Crippen LogP contribution in [0.25, 0.3) is 0 Å². The largest absolute Gasteiger partial charge is 0.493 e. The van der Waals surface area contributed by atoms with E-state index in [-0.39, 0.29) is 28.5 Å². The number of nitro benzene ring substituents is 1. The van der Waals surface area contributed by atoms with E-state index in [4.69, 9.17) is 9.47 Å². The van der Waals surface area contributed by atoms with Gasteiger partial charge in [-0.15, -0.1) is 0 Å². The molecule has 29 heavy (non-hydrogen) atoms. The zero-order chi connectivity index (χ0) is 20.8. The molecule has 158 valence electrons. The Morgan fingerprint density at radius 2 is 1.79 bits per heavy atom. The summed E-state index contributed by atoms with van der Waals surface area (Å²) in [4.78, 5) is 24.2. The van der Waals surface area contributed by atoms with Crippen LogP contribution in [0.2, 0.25) is 0 Å². The maximum atomic E-state index is 13.1. The highest BCUT2D eigenvalue weighted by Gasteiger charge is 2.53. The van der Waals surface area contributed by atoms with Crippen LogP contribution >= 0.6 is 0 Å². The summed E-state index contributed by atoms with van der Waals surface area (Å²) in [6, 6.07) is 2.69. The fourth-order valence-corrected chi connectivity index (χ4v) is 6.45. The molecule has 4 bridgehead atoms. The van der Waals surface area contributed by atoms with Gasteiger partial charge in [0.2, 0.25) is 0 Å². The first-order valence-corrected chi connectivity index (χ1v) is 10.6. The molecule has 7 heteroatoms. The van der Waals surface area contributed by atoms with Gasteiger partial charge < -0.3 is 14.8 Å². The van der Waals surface area contributed by atoms with Gasteiger partial charge in [-0.1, -0.05) is 0 Å². The molecule has 1 N–H and O–H groups in total. The number of carbonyl (C=O) groups excluding carboxylic acids is 1. The van der Waals surface area contributed by atoms with Crippen LogP contribution in [-0.4, -0.2) is 30.6 Å².